The molecule has 0 aromatic carbocycles. The largest absolute Gasteiger partial charge is 0.511 e. The number of guanidine groups is 1. The second-order valence-corrected chi connectivity index (χ2v) is 8.10. The van der Waals surface area contributed by atoms with E-state index in [9.17, 15) is 21.6 Å². The van der Waals surface area contributed by atoms with Crippen LogP contribution in [0.2, 0.25) is 0 Å². The van der Waals surface area contributed by atoms with Crippen LogP contribution in [0.25, 0.3) is 0 Å². The molecule has 2 heterocycles. The van der Waals surface area contributed by atoms with Gasteiger partial charge in [-0.2, -0.15) is 22.6 Å². The van der Waals surface area contributed by atoms with Gasteiger partial charge in [0.2, 0.25) is 0 Å². The maximum atomic E-state index is 12.6. The van der Waals surface area contributed by atoms with Crippen molar-refractivity contribution in [3.63, 3.8) is 0 Å². The minimum Gasteiger partial charge on any atom is -0.357 e. The first-order valence-electron chi connectivity index (χ1n) is 8.56. The van der Waals surface area contributed by atoms with Gasteiger partial charge in [-0.05, 0) is 25.7 Å². The Morgan fingerprint density at radius 3 is 2.52 bits per heavy atom. The summed E-state index contributed by atoms with van der Waals surface area (Å²) in [4.78, 5) is 8.49. The van der Waals surface area contributed by atoms with Crippen LogP contribution < -0.4 is 10.6 Å². The number of halogens is 3. The van der Waals surface area contributed by atoms with Crippen LogP contribution in [0.5, 0.6) is 0 Å². The van der Waals surface area contributed by atoms with Gasteiger partial charge in [-0.25, -0.2) is 18.4 Å². The van der Waals surface area contributed by atoms with E-state index in [1.807, 2.05) is 6.92 Å². The standard InChI is InChI=1S/C14H24F3N7O2S/c1-3-18-13(20-9-12-21-10-22-23(12)2)19-8-11-4-6-24(7-5-11)27(25,26)14(15,16)17/h10-11H,3-9H2,1-2H3,(H2,18,19,20). The first-order valence-corrected chi connectivity index (χ1v) is 10.0. The van der Waals surface area contributed by atoms with Crippen molar-refractivity contribution in [1.29, 1.82) is 0 Å². The van der Waals surface area contributed by atoms with Crippen LogP contribution in [-0.2, 0) is 23.6 Å². The topological polar surface area (TPSA) is 105 Å². The number of aliphatic imine (C=N–C) groups is 1. The molecule has 0 bridgehead atoms. The highest BCUT2D eigenvalue weighted by molar-refractivity contribution is 7.90. The third-order valence-corrected chi connectivity index (χ3v) is 5.92. The predicted octanol–water partition coefficient (Wildman–Crippen LogP) is 0.432. The number of rotatable bonds is 6. The van der Waals surface area contributed by atoms with E-state index in [0.29, 0.717) is 48.6 Å². The molecule has 2 rings (SSSR count). The highest BCUT2D eigenvalue weighted by Crippen LogP contribution is 2.30. The molecule has 154 valence electrons. The third-order valence-electron chi connectivity index (χ3n) is 4.29. The smallest absolute Gasteiger partial charge is 0.357 e. The molecule has 1 aliphatic rings. The van der Waals surface area contributed by atoms with Gasteiger partial charge in [-0.15, -0.1) is 0 Å². The summed E-state index contributed by atoms with van der Waals surface area (Å²) in [6.07, 6.45) is 2.14. The molecular weight excluding hydrogens is 387 g/mol. The van der Waals surface area contributed by atoms with Crippen LogP contribution in [0.4, 0.5) is 13.2 Å². The minimum absolute atomic E-state index is 0.0587. The normalized spacial score (nSPS) is 17.9. The van der Waals surface area contributed by atoms with Gasteiger partial charge in [0.1, 0.15) is 18.7 Å². The van der Waals surface area contributed by atoms with Gasteiger partial charge in [-0.3, -0.25) is 4.68 Å². The molecule has 0 unspecified atom stereocenters. The van der Waals surface area contributed by atoms with Crippen LogP contribution in [0, 0.1) is 5.92 Å². The van der Waals surface area contributed by atoms with E-state index in [1.165, 1.54) is 6.33 Å². The average Bonchev–Trinajstić information content (AvgIpc) is 3.02. The number of sulfonamides is 1. The quantitative estimate of drug-likeness (QED) is 0.520. The monoisotopic (exact) mass is 411 g/mol. The Bertz CT molecular complexity index is 740. The van der Waals surface area contributed by atoms with Gasteiger partial charge in [0.25, 0.3) is 0 Å². The van der Waals surface area contributed by atoms with Crippen molar-refractivity contribution in [2.45, 2.75) is 31.8 Å². The number of alkyl halides is 3. The van der Waals surface area contributed by atoms with Crippen LogP contribution in [0.15, 0.2) is 11.3 Å². The van der Waals surface area contributed by atoms with Crippen molar-refractivity contribution >= 4 is 16.0 Å². The molecule has 1 saturated heterocycles. The van der Waals surface area contributed by atoms with Crippen molar-refractivity contribution in [2.75, 3.05) is 26.2 Å². The molecule has 0 radical (unpaired) electrons. The van der Waals surface area contributed by atoms with Crippen molar-refractivity contribution in [1.82, 2.24) is 29.7 Å². The summed E-state index contributed by atoms with van der Waals surface area (Å²) in [6, 6.07) is 0. The summed E-state index contributed by atoms with van der Waals surface area (Å²) >= 11 is 0. The number of hydrogen-bond acceptors (Lipinski definition) is 5. The van der Waals surface area contributed by atoms with Crippen molar-refractivity contribution in [2.24, 2.45) is 18.0 Å². The van der Waals surface area contributed by atoms with Gasteiger partial charge in [0.15, 0.2) is 5.96 Å². The first-order chi connectivity index (χ1) is 12.6. The third kappa shape index (κ3) is 5.54. The molecule has 0 atom stereocenters. The van der Waals surface area contributed by atoms with Crippen molar-refractivity contribution in [3.8, 4) is 0 Å². The van der Waals surface area contributed by atoms with E-state index in [0.717, 1.165) is 0 Å². The number of aromatic nitrogens is 3. The van der Waals surface area contributed by atoms with Crippen LogP contribution in [0.3, 0.4) is 0 Å². The zero-order valence-electron chi connectivity index (χ0n) is 15.2. The molecule has 1 aromatic rings. The lowest BCUT2D eigenvalue weighted by Crippen LogP contribution is -2.47. The zero-order valence-corrected chi connectivity index (χ0v) is 16.0. The van der Waals surface area contributed by atoms with E-state index in [4.69, 9.17) is 0 Å². The summed E-state index contributed by atoms with van der Waals surface area (Å²) in [7, 11) is -3.47. The molecule has 9 nitrogen and oxygen atoms in total. The molecule has 0 saturated carbocycles. The minimum atomic E-state index is -5.25. The Kier molecular flexibility index (Phi) is 7.03. The van der Waals surface area contributed by atoms with Gasteiger partial charge in [0, 0.05) is 33.2 Å². The summed E-state index contributed by atoms with van der Waals surface area (Å²) in [5, 5.41) is 10.2. The molecule has 0 aliphatic carbocycles. The summed E-state index contributed by atoms with van der Waals surface area (Å²) in [5.41, 5.74) is -5.25. The second-order valence-electron chi connectivity index (χ2n) is 6.17. The summed E-state index contributed by atoms with van der Waals surface area (Å²) in [6.45, 7) is 3.10. The van der Waals surface area contributed by atoms with Crippen LogP contribution >= 0.6 is 0 Å². The molecule has 13 heteroatoms. The Hall–Kier alpha value is -1.89. The summed E-state index contributed by atoms with van der Waals surface area (Å²) in [5.74, 6) is 1.31. The van der Waals surface area contributed by atoms with E-state index < -0.39 is 15.5 Å². The Morgan fingerprint density at radius 1 is 1.33 bits per heavy atom. The molecular formula is C14H24F3N7O2S. The molecule has 1 fully saturated rings. The second kappa shape index (κ2) is 8.87. The van der Waals surface area contributed by atoms with Crippen LogP contribution in [-0.4, -0.2) is 65.1 Å². The molecule has 0 spiro atoms. The number of nitrogens with zero attached hydrogens (tertiary/aromatic N) is 5. The Balaban J connectivity index is 1.86. The van der Waals surface area contributed by atoms with Crippen molar-refractivity contribution < 1.29 is 21.6 Å². The summed E-state index contributed by atoms with van der Waals surface area (Å²) < 4.78 is 62.8. The van der Waals surface area contributed by atoms with E-state index >= 15 is 0 Å². The van der Waals surface area contributed by atoms with E-state index in [1.54, 1.807) is 11.7 Å². The molecule has 2 N–H and O–H groups in total. The Morgan fingerprint density at radius 2 is 2.00 bits per heavy atom. The highest BCUT2D eigenvalue weighted by atomic mass is 32.2. The predicted molar refractivity (Wildman–Crippen MR) is 93.1 cm³/mol. The zero-order chi connectivity index (χ0) is 20.1. The fraction of sp³-hybridized carbons (Fsp3) is 0.786. The van der Waals surface area contributed by atoms with E-state index in [2.05, 4.69) is 25.7 Å². The number of nitrogens with one attached hydrogen (secondary N) is 2. The molecule has 1 aliphatic heterocycles. The molecule has 0 amide bonds. The molecule has 1 aromatic heterocycles. The van der Waals surface area contributed by atoms with Gasteiger partial charge in [0.05, 0.1) is 0 Å². The van der Waals surface area contributed by atoms with Crippen LogP contribution in [0.1, 0.15) is 25.6 Å². The first kappa shape index (κ1) is 21.4. The van der Waals surface area contributed by atoms with Gasteiger partial charge >= 0.3 is 15.5 Å². The number of aryl methyl sites for hydroxylation is 1. The maximum Gasteiger partial charge on any atom is 0.511 e. The average molecular weight is 411 g/mol. The fourth-order valence-electron chi connectivity index (χ4n) is 2.70. The molecule has 27 heavy (non-hydrogen) atoms. The lowest BCUT2D eigenvalue weighted by Gasteiger charge is -2.31. The number of hydrogen-bond donors (Lipinski definition) is 2. The van der Waals surface area contributed by atoms with Gasteiger partial charge in [-0.1, -0.05) is 0 Å². The van der Waals surface area contributed by atoms with E-state index in [-0.39, 0.29) is 19.0 Å². The highest BCUT2D eigenvalue weighted by Gasteiger charge is 2.50. The lowest BCUT2D eigenvalue weighted by molar-refractivity contribution is -0.0496. The lowest BCUT2D eigenvalue weighted by atomic mass is 9.98. The fourth-order valence-corrected chi connectivity index (χ4v) is 3.68. The SMILES string of the molecule is CCNC(=NCc1ncnn1C)NCC1CCN(S(=O)(=O)C(F)(F)F)CC1. The van der Waals surface area contributed by atoms with Crippen molar-refractivity contribution in [3.05, 3.63) is 12.2 Å². The van der Waals surface area contributed by atoms with Gasteiger partial charge < -0.3 is 10.6 Å². The Labute approximate surface area is 156 Å². The number of piperidine rings is 1. The maximum absolute atomic E-state index is 12.6.